The minimum absolute atomic E-state index is 0.0930. The Bertz CT molecular complexity index is 209. The Balaban J connectivity index is 1.93. The van der Waals surface area contributed by atoms with Crippen molar-refractivity contribution in [1.29, 1.82) is 0 Å². The van der Waals surface area contributed by atoms with Crippen molar-refractivity contribution in [3.8, 4) is 0 Å². The van der Waals surface area contributed by atoms with Gasteiger partial charge in [0.25, 0.3) is 0 Å². The molecule has 1 atom stereocenters. The molecule has 0 amide bonds. The molecule has 0 radical (unpaired) electrons. The predicted octanol–water partition coefficient (Wildman–Crippen LogP) is 2.41. The molecule has 2 nitrogen and oxygen atoms in total. The average molecular weight is 211 g/mol. The zero-order chi connectivity index (χ0) is 10.9. The molecule has 1 aliphatic carbocycles. The van der Waals surface area contributed by atoms with Crippen molar-refractivity contribution in [3.05, 3.63) is 0 Å². The molecule has 2 heteroatoms. The van der Waals surface area contributed by atoms with E-state index < -0.39 is 0 Å². The normalized spacial score (nSPS) is 34.2. The van der Waals surface area contributed by atoms with Crippen molar-refractivity contribution in [2.75, 3.05) is 13.1 Å². The lowest BCUT2D eigenvalue weighted by Gasteiger charge is -2.46. The summed E-state index contributed by atoms with van der Waals surface area (Å²) in [7, 11) is 0. The first-order valence-corrected chi connectivity index (χ1v) is 6.52. The molecule has 0 spiro atoms. The second-order valence-electron chi connectivity index (χ2n) is 6.06. The third-order valence-electron chi connectivity index (χ3n) is 4.29. The maximum absolute atomic E-state index is 9.93. The highest BCUT2D eigenvalue weighted by Gasteiger charge is 2.37. The molecular weight excluding hydrogens is 186 g/mol. The zero-order valence-corrected chi connectivity index (χ0v) is 10.2. The first-order valence-electron chi connectivity index (χ1n) is 6.52. The van der Waals surface area contributed by atoms with Crippen LogP contribution in [0, 0.1) is 5.41 Å². The number of aliphatic hydroxyl groups is 1. The van der Waals surface area contributed by atoms with Gasteiger partial charge < -0.3 is 5.11 Å². The molecule has 0 aromatic rings. The lowest BCUT2D eigenvalue weighted by atomic mass is 9.79. The van der Waals surface area contributed by atoms with Crippen LogP contribution in [0.25, 0.3) is 0 Å². The van der Waals surface area contributed by atoms with Crippen molar-refractivity contribution in [3.63, 3.8) is 0 Å². The minimum atomic E-state index is -0.0997. The average Bonchev–Trinajstić information content (AvgIpc) is 2.23. The van der Waals surface area contributed by atoms with Gasteiger partial charge in [-0.3, -0.25) is 4.90 Å². The summed E-state index contributed by atoms with van der Waals surface area (Å²) in [5.41, 5.74) is 0.0930. The molecule has 1 saturated carbocycles. The first kappa shape index (κ1) is 11.4. The lowest BCUT2D eigenvalue weighted by molar-refractivity contribution is -0.0427. The quantitative estimate of drug-likeness (QED) is 0.720. The van der Waals surface area contributed by atoms with Crippen LogP contribution in [0.2, 0.25) is 0 Å². The van der Waals surface area contributed by atoms with Crippen LogP contribution >= 0.6 is 0 Å². The van der Waals surface area contributed by atoms with E-state index >= 15 is 0 Å². The van der Waals surface area contributed by atoms with Crippen LogP contribution in [0.15, 0.2) is 0 Å². The van der Waals surface area contributed by atoms with Crippen molar-refractivity contribution >= 4 is 0 Å². The van der Waals surface area contributed by atoms with Crippen LogP contribution in [0.5, 0.6) is 0 Å². The van der Waals surface area contributed by atoms with E-state index in [1.54, 1.807) is 0 Å². The Morgan fingerprint density at radius 1 is 1.07 bits per heavy atom. The molecule has 0 aromatic carbocycles. The van der Waals surface area contributed by atoms with Gasteiger partial charge in [0.05, 0.1) is 6.10 Å². The lowest BCUT2D eigenvalue weighted by Crippen LogP contribution is -2.52. The summed E-state index contributed by atoms with van der Waals surface area (Å²) < 4.78 is 0. The topological polar surface area (TPSA) is 23.5 Å². The molecule has 15 heavy (non-hydrogen) atoms. The Labute approximate surface area is 93.7 Å². The summed E-state index contributed by atoms with van der Waals surface area (Å²) in [6.07, 6.45) is 7.87. The van der Waals surface area contributed by atoms with E-state index in [9.17, 15) is 5.11 Å². The highest BCUT2D eigenvalue weighted by molar-refractivity contribution is 4.90. The van der Waals surface area contributed by atoms with E-state index in [4.69, 9.17) is 0 Å². The highest BCUT2D eigenvalue weighted by atomic mass is 16.3. The highest BCUT2D eigenvalue weighted by Crippen LogP contribution is 2.33. The largest absolute Gasteiger partial charge is 0.392 e. The minimum Gasteiger partial charge on any atom is -0.392 e. The van der Waals surface area contributed by atoms with Gasteiger partial charge in [0.2, 0.25) is 0 Å². The van der Waals surface area contributed by atoms with Crippen LogP contribution in [0.3, 0.4) is 0 Å². The number of hydrogen-bond donors (Lipinski definition) is 1. The fourth-order valence-electron chi connectivity index (χ4n) is 3.14. The molecule has 1 unspecified atom stereocenters. The van der Waals surface area contributed by atoms with Gasteiger partial charge in [-0.25, -0.2) is 0 Å². The maximum Gasteiger partial charge on any atom is 0.0615 e. The number of piperidine rings is 1. The first-order chi connectivity index (χ1) is 7.09. The monoisotopic (exact) mass is 211 g/mol. The molecule has 2 aliphatic rings. The maximum atomic E-state index is 9.93. The van der Waals surface area contributed by atoms with Crippen LogP contribution in [-0.2, 0) is 0 Å². The summed E-state index contributed by atoms with van der Waals surface area (Å²) in [4.78, 5) is 2.63. The van der Waals surface area contributed by atoms with Crippen LogP contribution in [0.4, 0.5) is 0 Å². The molecule has 1 aliphatic heterocycles. The SMILES string of the molecule is CC1(C)CN(C2CCCCC2)CCC1O. The Kier molecular flexibility index (Phi) is 3.36. The molecule has 2 fully saturated rings. The Morgan fingerprint density at radius 2 is 1.73 bits per heavy atom. The summed E-state index contributed by atoms with van der Waals surface area (Å²) in [5, 5.41) is 9.93. The molecule has 2 rings (SSSR count). The van der Waals surface area contributed by atoms with E-state index in [-0.39, 0.29) is 11.5 Å². The summed E-state index contributed by atoms with van der Waals surface area (Å²) >= 11 is 0. The molecule has 1 saturated heterocycles. The molecule has 1 heterocycles. The second kappa shape index (κ2) is 4.42. The number of likely N-dealkylation sites (tertiary alicyclic amines) is 1. The van der Waals surface area contributed by atoms with Gasteiger partial charge in [-0.05, 0) is 19.3 Å². The van der Waals surface area contributed by atoms with Crippen molar-refractivity contribution in [2.24, 2.45) is 5.41 Å². The van der Waals surface area contributed by atoms with E-state index in [0.29, 0.717) is 0 Å². The van der Waals surface area contributed by atoms with E-state index in [2.05, 4.69) is 18.7 Å². The van der Waals surface area contributed by atoms with Crippen molar-refractivity contribution in [1.82, 2.24) is 4.90 Å². The van der Waals surface area contributed by atoms with E-state index in [0.717, 1.165) is 25.6 Å². The number of hydrogen-bond acceptors (Lipinski definition) is 2. The number of rotatable bonds is 1. The van der Waals surface area contributed by atoms with Gasteiger partial charge in [0, 0.05) is 24.5 Å². The van der Waals surface area contributed by atoms with Crippen molar-refractivity contribution < 1.29 is 5.11 Å². The van der Waals surface area contributed by atoms with Crippen molar-refractivity contribution in [2.45, 2.75) is 64.5 Å². The summed E-state index contributed by atoms with van der Waals surface area (Å²) in [5.74, 6) is 0. The van der Waals surface area contributed by atoms with Gasteiger partial charge in [0.15, 0.2) is 0 Å². The summed E-state index contributed by atoms with van der Waals surface area (Å²) in [6.45, 7) is 6.59. The van der Waals surface area contributed by atoms with Crippen LogP contribution in [0.1, 0.15) is 52.4 Å². The fraction of sp³-hybridized carbons (Fsp3) is 1.00. The second-order valence-corrected chi connectivity index (χ2v) is 6.06. The Hall–Kier alpha value is -0.0800. The van der Waals surface area contributed by atoms with Gasteiger partial charge >= 0.3 is 0 Å². The standard InChI is InChI=1S/C13H25NO/c1-13(2)10-14(9-8-12(13)15)11-6-4-3-5-7-11/h11-12,15H,3-10H2,1-2H3. The zero-order valence-electron chi connectivity index (χ0n) is 10.2. The third-order valence-corrected chi connectivity index (χ3v) is 4.29. The third kappa shape index (κ3) is 2.54. The molecule has 88 valence electrons. The Morgan fingerprint density at radius 3 is 2.33 bits per heavy atom. The number of nitrogens with zero attached hydrogens (tertiary/aromatic N) is 1. The van der Waals surface area contributed by atoms with Gasteiger partial charge in [-0.1, -0.05) is 33.1 Å². The van der Waals surface area contributed by atoms with Gasteiger partial charge in [0.1, 0.15) is 0 Å². The molecular formula is C13H25NO. The molecule has 0 bridgehead atoms. The van der Waals surface area contributed by atoms with E-state index in [1.807, 2.05) is 0 Å². The summed E-state index contributed by atoms with van der Waals surface area (Å²) in [6, 6.07) is 0.811. The van der Waals surface area contributed by atoms with Crippen LogP contribution in [-0.4, -0.2) is 35.2 Å². The number of aliphatic hydroxyl groups excluding tert-OH is 1. The van der Waals surface area contributed by atoms with Gasteiger partial charge in [-0.2, -0.15) is 0 Å². The van der Waals surface area contributed by atoms with E-state index in [1.165, 1.54) is 32.1 Å². The predicted molar refractivity (Wildman–Crippen MR) is 62.9 cm³/mol. The van der Waals surface area contributed by atoms with Crippen LogP contribution < -0.4 is 0 Å². The fourth-order valence-corrected chi connectivity index (χ4v) is 3.14. The van der Waals surface area contributed by atoms with Gasteiger partial charge in [-0.15, -0.1) is 0 Å². The smallest absolute Gasteiger partial charge is 0.0615 e. The molecule has 0 aromatic heterocycles. The molecule has 1 N–H and O–H groups in total.